The van der Waals surface area contributed by atoms with Gasteiger partial charge in [0.1, 0.15) is 6.04 Å². The quantitative estimate of drug-likeness (QED) is 0.762. The van der Waals surface area contributed by atoms with E-state index in [1.54, 1.807) is 0 Å². The van der Waals surface area contributed by atoms with Gasteiger partial charge in [-0.2, -0.15) is 0 Å². The molecule has 1 N–H and O–H groups in total. The first-order chi connectivity index (χ1) is 9.91. The number of hydrogen-bond acceptors (Lipinski definition) is 4. The van der Waals surface area contributed by atoms with Crippen molar-refractivity contribution in [1.82, 2.24) is 9.80 Å². The summed E-state index contributed by atoms with van der Waals surface area (Å²) in [6.45, 7) is 0.962. The van der Waals surface area contributed by atoms with E-state index in [0.717, 1.165) is 19.3 Å². The van der Waals surface area contributed by atoms with Crippen LogP contribution in [0.1, 0.15) is 32.1 Å². The van der Waals surface area contributed by atoms with E-state index in [2.05, 4.69) is 0 Å². The van der Waals surface area contributed by atoms with Gasteiger partial charge >= 0.3 is 12.0 Å². The van der Waals surface area contributed by atoms with Gasteiger partial charge in [-0.15, -0.1) is 0 Å². The van der Waals surface area contributed by atoms with Crippen molar-refractivity contribution in [3.8, 4) is 0 Å². The first-order valence-corrected chi connectivity index (χ1v) is 9.21. The van der Waals surface area contributed by atoms with Crippen LogP contribution >= 0.6 is 0 Å². The van der Waals surface area contributed by atoms with E-state index in [1.807, 2.05) is 0 Å². The number of rotatable bonds is 1. The minimum atomic E-state index is -3.08. The third-order valence-electron chi connectivity index (χ3n) is 4.11. The third-order valence-corrected chi connectivity index (χ3v) is 5.82. The van der Waals surface area contributed by atoms with Crippen LogP contribution in [0.5, 0.6) is 0 Å². The van der Waals surface area contributed by atoms with Crippen LogP contribution < -0.4 is 0 Å². The molecule has 2 aliphatic rings. The normalized spacial score (nSPS) is 26.8. The lowest BCUT2D eigenvalue weighted by Gasteiger charge is -2.32. The van der Waals surface area contributed by atoms with Crippen LogP contribution in [0.2, 0.25) is 0 Å². The van der Waals surface area contributed by atoms with Crippen LogP contribution in [0.25, 0.3) is 0 Å². The minimum Gasteiger partial charge on any atom is -0.480 e. The molecule has 2 amide bonds. The fraction of sp³-hybridized carbons (Fsp3) is 0.846. The summed E-state index contributed by atoms with van der Waals surface area (Å²) in [7, 11) is -3.08. The van der Waals surface area contributed by atoms with Gasteiger partial charge in [-0.05, 0) is 19.3 Å². The Morgan fingerprint density at radius 3 is 2.43 bits per heavy atom. The first-order valence-electron chi connectivity index (χ1n) is 7.39. The predicted octanol–water partition coefficient (Wildman–Crippen LogP) is 0.556. The highest BCUT2D eigenvalue weighted by atomic mass is 32.2. The average molecular weight is 318 g/mol. The van der Waals surface area contributed by atoms with E-state index in [-0.39, 0.29) is 24.1 Å². The summed E-state index contributed by atoms with van der Waals surface area (Å²) in [5, 5.41) is 9.31. The van der Waals surface area contributed by atoms with Gasteiger partial charge < -0.3 is 14.9 Å². The maximum Gasteiger partial charge on any atom is 0.326 e. The fourth-order valence-electron chi connectivity index (χ4n) is 2.91. The Morgan fingerprint density at radius 2 is 1.71 bits per heavy atom. The van der Waals surface area contributed by atoms with Gasteiger partial charge in [-0.3, -0.25) is 0 Å². The van der Waals surface area contributed by atoms with E-state index in [0.29, 0.717) is 25.9 Å². The van der Waals surface area contributed by atoms with Crippen molar-refractivity contribution < 1.29 is 23.1 Å². The molecule has 0 bridgehead atoms. The Kier molecular flexibility index (Phi) is 5.08. The molecule has 2 aliphatic heterocycles. The molecule has 0 radical (unpaired) electrons. The maximum absolute atomic E-state index is 12.6. The van der Waals surface area contributed by atoms with E-state index in [4.69, 9.17) is 0 Å². The van der Waals surface area contributed by atoms with Gasteiger partial charge in [0.25, 0.3) is 0 Å². The highest BCUT2D eigenvalue weighted by molar-refractivity contribution is 7.91. The van der Waals surface area contributed by atoms with Gasteiger partial charge in [-0.1, -0.05) is 12.8 Å². The topological polar surface area (TPSA) is 95.0 Å². The molecule has 1 atom stereocenters. The molecule has 2 fully saturated rings. The Bertz CT molecular complexity index is 505. The van der Waals surface area contributed by atoms with Crippen LogP contribution in [0.3, 0.4) is 0 Å². The second kappa shape index (κ2) is 6.64. The predicted molar refractivity (Wildman–Crippen MR) is 76.8 cm³/mol. The SMILES string of the molecule is O=C(O)C1CCCCCN1C(=O)N1CCCS(=O)(=O)CC1. The number of carboxylic acid groups (broad SMARTS) is 1. The summed E-state index contributed by atoms with van der Waals surface area (Å²) in [6.07, 6.45) is 3.39. The molecule has 7 nitrogen and oxygen atoms in total. The molecule has 2 heterocycles. The molecule has 0 aliphatic carbocycles. The van der Waals surface area contributed by atoms with Crippen molar-refractivity contribution in [3.05, 3.63) is 0 Å². The Morgan fingerprint density at radius 1 is 0.952 bits per heavy atom. The van der Waals surface area contributed by atoms with Crippen molar-refractivity contribution in [2.24, 2.45) is 0 Å². The Labute approximate surface area is 124 Å². The fourth-order valence-corrected chi connectivity index (χ4v) is 4.18. The molecule has 0 spiro atoms. The van der Waals surface area contributed by atoms with Gasteiger partial charge in [-0.25, -0.2) is 18.0 Å². The number of hydrogen-bond donors (Lipinski definition) is 1. The standard InChI is InChI=1S/C13H22N2O5S/c16-12(17)11-5-2-1-3-7-15(11)13(18)14-6-4-9-21(19,20)10-8-14/h11H,1-10H2,(H,16,17). The number of amides is 2. The summed E-state index contributed by atoms with van der Waals surface area (Å²) in [5.74, 6) is -0.920. The number of urea groups is 1. The highest BCUT2D eigenvalue weighted by Gasteiger charge is 2.34. The molecule has 8 heteroatoms. The molecular weight excluding hydrogens is 296 g/mol. The van der Waals surface area contributed by atoms with Gasteiger partial charge in [0.2, 0.25) is 0 Å². The molecule has 2 rings (SSSR count). The Balaban J connectivity index is 2.10. The molecule has 120 valence electrons. The number of carbonyl (C=O) groups excluding carboxylic acids is 1. The molecule has 0 saturated carbocycles. The highest BCUT2D eigenvalue weighted by Crippen LogP contribution is 2.19. The van der Waals surface area contributed by atoms with E-state index in [1.165, 1.54) is 9.80 Å². The summed E-state index contributed by atoms with van der Waals surface area (Å²) < 4.78 is 23.2. The Hall–Kier alpha value is -1.31. The molecule has 0 aromatic carbocycles. The smallest absolute Gasteiger partial charge is 0.326 e. The zero-order valence-corrected chi connectivity index (χ0v) is 12.8. The van der Waals surface area contributed by atoms with Gasteiger partial charge in [0.15, 0.2) is 9.84 Å². The van der Waals surface area contributed by atoms with Crippen LogP contribution in [0.15, 0.2) is 0 Å². The van der Waals surface area contributed by atoms with Crippen molar-refractivity contribution in [3.63, 3.8) is 0 Å². The molecule has 0 aromatic rings. The lowest BCUT2D eigenvalue weighted by atomic mass is 10.1. The van der Waals surface area contributed by atoms with Crippen LogP contribution in [-0.2, 0) is 14.6 Å². The third kappa shape index (κ3) is 4.09. The zero-order chi connectivity index (χ0) is 15.5. The summed E-state index contributed by atoms with van der Waals surface area (Å²) in [5.41, 5.74) is 0. The number of carbonyl (C=O) groups is 2. The number of likely N-dealkylation sites (tertiary alicyclic amines) is 1. The van der Waals surface area contributed by atoms with Crippen molar-refractivity contribution in [1.29, 1.82) is 0 Å². The number of aliphatic carboxylic acids is 1. The molecule has 21 heavy (non-hydrogen) atoms. The second-order valence-corrected chi connectivity index (χ2v) is 7.98. The number of nitrogens with zero attached hydrogens (tertiary/aromatic N) is 2. The molecule has 2 saturated heterocycles. The van der Waals surface area contributed by atoms with Crippen LogP contribution in [0.4, 0.5) is 4.79 Å². The number of sulfone groups is 1. The minimum absolute atomic E-state index is 0.0374. The number of carboxylic acids is 1. The monoisotopic (exact) mass is 318 g/mol. The largest absolute Gasteiger partial charge is 0.480 e. The zero-order valence-electron chi connectivity index (χ0n) is 12.0. The summed E-state index contributed by atoms with van der Waals surface area (Å²) in [4.78, 5) is 26.8. The van der Waals surface area contributed by atoms with Gasteiger partial charge in [0.05, 0.1) is 11.5 Å². The lowest BCUT2D eigenvalue weighted by Crippen LogP contribution is -2.51. The second-order valence-electron chi connectivity index (χ2n) is 5.67. The van der Waals surface area contributed by atoms with Crippen molar-refractivity contribution in [2.45, 2.75) is 38.1 Å². The molecular formula is C13H22N2O5S. The summed E-state index contributed by atoms with van der Waals surface area (Å²) in [6, 6.07) is -1.12. The van der Waals surface area contributed by atoms with E-state index >= 15 is 0 Å². The first kappa shape index (κ1) is 16.1. The van der Waals surface area contributed by atoms with Gasteiger partial charge in [0, 0.05) is 19.6 Å². The summed E-state index contributed by atoms with van der Waals surface area (Å²) >= 11 is 0. The van der Waals surface area contributed by atoms with Crippen molar-refractivity contribution in [2.75, 3.05) is 31.1 Å². The molecule has 0 aromatic heterocycles. The maximum atomic E-state index is 12.6. The molecule has 1 unspecified atom stereocenters. The average Bonchev–Trinajstić information content (AvgIpc) is 2.75. The van der Waals surface area contributed by atoms with Crippen molar-refractivity contribution >= 4 is 21.8 Å². The van der Waals surface area contributed by atoms with Crippen LogP contribution in [0, 0.1) is 0 Å². The van der Waals surface area contributed by atoms with E-state index < -0.39 is 21.8 Å². The van der Waals surface area contributed by atoms with E-state index in [9.17, 15) is 23.1 Å². The van der Waals surface area contributed by atoms with Crippen LogP contribution in [-0.4, -0.2) is 72.5 Å². The lowest BCUT2D eigenvalue weighted by molar-refractivity contribution is -0.142.